The Bertz CT molecular complexity index is 1290. The van der Waals surface area contributed by atoms with E-state index >= 15 is 8.78 Å². The first-order valence-electron chi connectivity index (χ1n) is 12.2. The number of benzene rings is 2. The number of hydrogen-bond acceptors (Lipinski definition) is 3. The smallest absolute Gasteiger partial charge is 0.331 e. The van der Waals surface area contributed by atoms with Crippen molar-refractivity contribution in [3.8, 4) is 0 Å². The zero-order valence-corrected chi connectivity index (χ0v) is 21.6. The maximum Gasteiger partial charge on any atom is 0.331 e. The molecule has 0 radical (unpaired) electrons. The van der Waals surface area contributed by atoms with Crippen molar-refractivity contribution in [2.24, 2.45) is 0 Å². The lowest BCUT2D eigenvalue weighted by Gasteiger charge is -2.43. The van der Waals surface area contributed by atoms with E-state index in [2.05, 4.69) is 4.98 Å². The summed E-state index contributed by atoms with van der Waals surface area (Å²) >= 11 is 0. The number of carbonyl (C=O) groups excluding carboxylic acids is 1. The Morgan fingerprint density at radius 1 is 1.14 bits per heavy atom. The maximum absolute atomic E-state index is 15.6. The fraction of sp³-hybridized carbons (Fsp3) is 0.414. The number of aromatic nitrogens is 1. The normalized spacial score (nSPS) is 19.1. The Labute approximate surface area is 210 Å². The van der Waals surface area contributed by atoms with E-state index in [4.69, 9.17) is 4.74 Å². The second-order valence-electron chi connectivity index (χ2n) is 11.2. The SMILES string of the molecule is C[C@@H]1Cc2c([nH]c3ccccc23)[C@@H](c2c(F)cc(/C=C/C(=O)OC(C)(C)C)cc2F)N1CC(C)(C)F. The second kappa shape index (κ2) is 9.43. The minimum absolute atomic E-state index is 0.00676. The molecular weight excluding hydrogens is 465 g/mol. The average molecular weight is 499 g/mol. The summed E-state index contributed by atoms with van der Waals surface area (Å²) in [6.45, 7) is 10.1. The molecule has 0 spiro atoms. The third-order valence-electron chi connectivity index (χ3n) is 6.27. The van der Waals surface area contributed by atoms with Crippen LogP contribution in [0.15, 0.2) is 42.5 Å². The van der Waals surface area contributed by atoms with Crippen LogP contribution in [0.5, 0.6) is 0 Å². The zero-order valence-electron chi connectivity index (χ0n) is 21.6. The van der Waals surface area contributed by atoms with Gasteiger partial charge in [-0.25, -0.2) is 18.0 Å². The number of carbonyl (C=O) groups is 1. The van der Waals surface area contributed by atoms with Crippen molar-refractivity contribution in [1.82, 2.24) is 9.88 Å². The minimum Gasteiger partial charge on any atom is -0.457 e. The van der Waals surface area contributed by atoms with Crippen LogP contribution in [0, 0.1) is 11.6 Å². The molecule has 7 heteroatoms. The van der Waals surface area contributed by atoms with Crippen molar-refractivity contribution in [3.63, 3.8) is 0 Å². The predicted molar refractivity (Wildman–Crippen MR) is 136 cm³/mol. The van der Waals surface area contributed by atoms with Gasteiger partial charge in [-0.05, 0) is 83.4 Å². The van der Waals surface area contributed by atoms with E-state index < -0.39 is 34.9 Å². The number of nitrogens with zero attached hydrogens (tertiary/aromatic N) is 1. The Balaban J connectivity index is 1.80. The van der Waals surface area contributed by atoms with Crippen molar-refractivity contribution in [2.75, 3.05) is 6.54 Å². The summed E-state index contributed by atoms with van der Waals surface area (Å²) in [4.78, 5) is 17.2. The van der Waals surface area contributed by atoms with Gasteiger partial charge in [0.2, 0.25) is 0 Å². The highest BCUT2D eigenvalue weighted by atomic mass is 19.1. The van der Waals surface area contributed by atoms with Crippen LogP contribution in [0.2, 0.25) is 0 Å². The molecule has 0 saturated carbocycles. The lowest BCUT2D eigenvalue weighted by atomic mass is 9.87. The van der Waals surface area contributed by atoms with E-state index in [1.165, 1.54) is 32.1 Å². The maximum atomic E-state index is 15.6. The van der Waals surface area contributed by atoms with Crippen LogP contribution < -0.4 is 0 Å². The number of hydrogen-bond donors (Lipinski definition) is 1. The highest BCUT2D eigenvalue weighted by molar-refractivity contribution is 5.87. The highest BCUT2D eigenvalue weighted by Crippen LogP contribution is 2.43. The molecule has 36 heavy (non-hydrogen) atoms. The number of fused-ring (bicyclic) bond motifs is 3. The first-order chi connectivity index (χ1) is 16.7. The fourth-order valence-electron chi connectivity index (χ4n) is 4.96. The minimum atomic E-state index is -1.57. The Kier molecular flexibility index (Phi) is 6.82. The number of nitrogens with one attached hydrogen (secondary N) is 1. The van der Waals surface area contributed by atoms with Gasteiger partial charge >= 0.3 is 5.97 Å². The van der Waals surface area contributed by atoms with Gasteiger partial charge in [0.15, 0.2) is 0 Å². The van der Waals surface area contributed by atoms with Crippen molar-refractivity contribution in [1.29, 1.82) is 0 Å². The molecule has 4 nitrogen and oxygen atoms in total. The largest absolute Gasteiger partial charge is 0.457 e. The molecule has 1 aromatic heterocycles. The first-order valence-corrected chi connectivity index (χ1v) is 12.2. The van der Waals surface area contributed by atoms with Gasteiger partial charge in [0.05, 0.1) is 6.04 Å². The van der Waals surface area contributed by atoms with Crippen molar-refractivity contribution in [2.45, 2.75) is 71.3 Å². The molecule has 0 aliphatic carbocycles. The summed E-state index contributed by atoms with van der Waals surface area (Å²) in [5.74, 6) is -2.12. The molecule has 2 aromatic carbocycles. The summed E-state index contributed by atoms with van der Waals surface area (Å²) in [6.07, 6.45) is 3.10. The monoisotopic (exact) mass is 498 g/mol. The molecule has 192 valence electrons. The number of halogens is 3. The molecule has 2 atom stereocenters. The highest BCUT2D eigenvalue weighted by Gasteiger charge is 2.40. The summed E-state index contributed by atoms with van der Waals surface area (Å²) < 4.78 is 51.4. The zero-order chi connectivity index (χ0) is 26.4. The molecule has 0 amide bonds. The van der Waals surface area contributed by atoms with Gasteiger partial charge in [-0.1, -0.05) is 18.2 Å². The Hall–Kier alpha value is -3.06. The van der Waals surface area contributed by atoms with Crippen LogP contribution >= 0.6 is 0 Å². The predicted octanol–water partition coefficient (Wildman–Crippen LogP) is 6.89. The topological polar surface area (TPSA) is 45.3 Å². The molecule has 0 fully saturated rings. The number of para-hydroxylation sites is 1. The fourth-order valence-corrected chi connectivity index (χ4v) is 4.96. The lowest BCUT2D eigenvalue weighted by Crippen LogP contribution is -2.48. The second-order valence-corrected chi connectivity index (χ2v) is 11.2. The molecule has 1 aliphatic heterocycles. The molecule has 1 N–H and O–H groups in total. The number of ether oxygens (including phenoxy) is 1. The van der Waals surface area contributed by atoms with Gasteiger partial charge < -0.3 is 9.72 Å². The lowest BCUT2D eigenvalue weighted by molar-refractivity contribution is -0.148. The molecule has 0 saturated heterocycles. The summed E-state index contributed by atoms with van der Waals surface area (Å²) in [5, 5.41) is 1.00. The van der Waals surface area contributed by atoms with Crippen LogP contribution in [-0.4, -0.2) is 39.7 Å². The molecule has 1 aliphatic rings. The third kappa shape index (κ3) is 5.51. The first kappa shape index (κ1) is 26.0. The Morgan fingerprint density at radius 3 is 2.39 bits per heavy atom. The van der Waals surface area contributed by atoms with E-state index in [0.29, 0.717) is 12.1 Å². The summed E-state index contributed by atoms with van der Waals surface area (Å²) in [6, 6.07) is 9.14. The molecule has 4 rings (SSSR count). The van der Waals surface area contributed by atoms with Gasteiger partial charge in [0, 0.05) is 40.8 Å². The van der Waals surface area contributed by atoms with Gasteiger partial charge in [-0.15, -0.1) is 0 Å². The number of aromatic amines is 1. The molecule has 0 bridgehead atoms. The van der Waals surface area contributed by atoms with Crippen molar-refractivity contribution < 1.29 is 22.7 Å². The van der Waals surface area contributed by atoms with Crippen molar-refractivity contribution >= 4 is 22.9 Å². The van der Waals surface area contributed by atoms with Crippen LogP contribution in [0.25, 0.3) is 17.0 Å². The van der Waals surface area contributed by atoms with Crippen LogP contribution in [0.4, 0.5) is 13.2 Å². The van der Waals surface area contributed by atoms with Crippen molar-refractivity contribution in [3.05, 3.63) is 76.5 Å². The Morgan fingerprint density at radius 2 is 1.78 bits per heavy atom. The van der Waals surface area contributed by atoms with E-state index in [9.17, 15) is 9.18 Å². The van der Waals surface area contributed by atoms with Gasteiger partial charge in [0.25, 0.3) is 0 Å². The van der Waals surface area contributed by atoms with E-state index in [1.807, 2.05) is 36.1 Å². The third-order valence-corrected chi connectivity index (χ3v) is 6.27. The molecule has 3 aromatic rings. The number of rotatable bonds is 5. The van der Waals surface area contributed by atoms with E-state index in [-0.39, 0.29) is 23.7 Å². The number of H-pyrrole nitrogens is 1. The number of alkyl halides is 1. The van der Waals surface area contributed by atoms with E-state index in [0.717, 1.165) is 22.5 Å². The number of esters is 1. The van der Waals surface area contributed by atoms with Gasteiger partial charge in [-0.2, -0.15) is 0 Å². The molecular formula is C29H33F3N2O2. The van der Waals surface area contributed by atoms with Crippen LogP contribution in [0.3, 0.4) is 0 Å². The van der Waals surface area contributed by atoms with Crippen LogP contribution in [-0.2, 0) is 16.0 Å². The average Bonchev–Trinajstić information content (AvgIpc) is 3.10. The summed E-state index contributed by atoms with van der Waals surface area (Å²) in [7, 11) is 0. The molecule has 0 unspecified atom stereocenters. The molecule has 2 heterocycles. The van der Waals surface area contributed by atoms with Crippen LogP contribution in [0.1, 0.15) is 70.0 Å². The standard InChI is InChI=1S/C29H33F3N2O2/c1-17-13-20-19-9-7-8-10-23(19)33-26(20)27(34(17)16-29(5,6)32)25-21(30)14-18(15-22(25)31)11-12-24(35)36-28(2,3)4/h7-12,14-15,17,27,33H,13,16H2,1-6H3/b12-11+/t17-,27-/m1/s1. The van der Waals surface area contributed by atoms with Gasteiger partial charge in [-0.3, -0.25) is 4.90 Å². The summed E-state index contributed by atoms with van der Waals surface area (Å²) in [5.41, 5.74) is 0.338. The van der Waals surface area contributed by atoms with E-state index in [1.54, 1.807) is 20.8 Å². The van der Waals surface area contributed by atoms with Gasteiger partial charge in [0.1, 0.15) is 22.9 Å². The quantitative estimate of drug-likeness (QED) is 0.308.